The molecule has 100 valence electrons. The molecule has 0 radical (unpaired) electrons. The monoisotopic (exact) mass is 270 g/mol. The average Bonchev–Trinajstić information content (AvgIpc) is 3.07. The molecule has 0 spiro atoms. The molecule has 18 heavy (non-hydrogen) atoms. The van der Waals surface area contributed by atoms with Crippen molar-refractivity contribution in [1.29, 1.82) is 0 Å². The number of sulfonamides is 1. The number of aromatic nitrogens is 1. The van der Waals surface area contributed by atoms with Gasteiger partial charge in [-0.25, -0.2) is 13.1 Å². The van der Waals surface area contributed by atoms with Crippen LogP contribution in [0.2, 0.25) is 0 Å². The first-order valence-corrected chi connectivity index (χ1v) is 7.49. The van der Waals surface area contributed by atoms with Crippen LogP contribution in [0.25, 0.3) is 0 Å². The maximum absolute atomic E-state index is 12.2. The van der Waals surface area contributed by atoms with Crippen molar-refractivity contribution in [2.45, 2.75) is 37.1 Å². The number of nitrogens with two attached hydrogens (primary N) is 1. The third-order valence-corrected chi connectivity index (χ3v) is 4.64. The second-order valence-electron chi connectivity index (χ2n) is 4.53. The SMILES string of the molecule is CCCC1CC1NS(=O)(=O)c1cnccc1NN. The van der Waals surface area contributed by atoms with Crippen molar-refractivity contribution in [3.63, 3.8) is 0 Å². The molecule has 2 rings (SSSR count). The van der Waals surface area contributed by atoms with Crippen LogP contribution in [0.5, 0.6) is 0 Å². The van der Waals surface area contributed by atoms with Gasteiger partial charge in [-0.2, -0.15) is 0 Å². The highest BCUT2D eigenvalue weighted by atomic mass is 32.2. The zero-order chi connectivity index (χ0) is 13.2. The minimum atomic E-state index is -3.55. The van der Waals surface area contributed by atoms with E-state index < -0.39 is 10.0 Å². The summed E-state index contributed by atoms with van der Waals surface area (Å²) < 4.78 is 27.0. The van der Waals surface area contributed by atoms with Crippen LogP contribution in [0.4, 0.5) is 5.69 Å². The Morgan fingerprint density at radius 3 is 3.00 bits per heavy atom. The molecule has 1 aliphatic carbocycles. The Labute approximate surface area is 107 Å². The van der Waals surface area contributed by atoms with Crippen molar-refractivity contribution >= 4 is 15.7 Å². The molecule has 0 saturated heterocycles. The first-order chi connectivity index (χ1) is 8.58. The summed E-state index contributed by atoms with van der Waals surface area (Å²) >= 11 is 0. The van der Waals surface area contributed by atoms with Crippen molar-refractivity contribution in [3.05, 3.63) is 18.5 Å². The van der Waals surface area contributed by atoms with Gasteiger partial charge in [-0.3, -0.25) is 10.8 Å². The number of hydrogen-bond donors (Lipinski definition) is 3. The predicted octanol–water partition coefficient (Wildman–Crippen LogP) is 0.834. The number of nitrogens with zero attached hydrogens (tertiary/aromatic N) is 1. The summed E-state index contributed by atoms with van der Waals surface area (Å²) in [5.41, 5.74) is 2.72. The summed E-state index contributed by atoms with van der Waals surface area (Å²) in [6.07, 6.45) is 5.84. The van der Waals surface area contributed by atoms with Gasteiger partial charge in [-0.15, -0.1) is 0 Å². The van der Waals surface area contributed by atoms with Crippen LogP contribution in [-0.2, 0) is 10.0 Å². The van der Waals surface area contributed by atoms with Gasteiger partial charge in [-0.1, -0.05) is 13.3 Å². The van der Waals surface area contributed by atoms with Gasteiger partial charge in [0, 0.05) is 18.4 Å². The summed E-state index contributed by atoms with van der Waals surface area (Å²) in [6, 6.07) is 1.59. The molecule has 1 saturated carbocycles. The molecule has 0 bridgehead atoms. The van der Waals surface area contributed by atoms with Crippen molar-refractivity contribution in [1.82, 2.24) is 9.71 Å². The van der Waals surface area contributed by atoms with Crippen LogP contribution < -0.4 is 16.0 Å². The first-order valence-electron chi connectivity index (χ1n) is 6.01. The number of nitrogens with one attached hydrogen (secondary N) is 2. The van der Waals surface area contributed by atoms with Crippen LogP contribution in [0.1, 0.15) is 26.2 Å². The summed E-state index contributed by atoms with van der Waals surface area (Å²) in [7, 11) is -3.55. The molecule has 0 aliphatic heterocycles. The number of hydrazine groups is 1. The van der Waals surface area contributed by atoms with E-state index in [0.717, 1.165) is 19.3 Å². The van der Waals surface area contributed by atoms with E-state index in [-0.39, 0.29) is 10.9 Å². The predicted molar refractivity (Wildman–Crippen MR) is 69.2 cm³/mol. The molecule has 2 unspecified atom stereocenters. The van der Waals surface area contributed by atoms with Crippen molar-refractivity contribution in [3.8, 4) is 0 Å². The van der Waals surface area contributed by atoms with Gasteiger partial charge in [0.05, 0.1) is 5.69 Å². The van der Waals surface area contributed by atoms with Crippen molar-refractivity contribution in [2.75, 3.05) is 5.43 Å². The Hall–Kier alpha value is -1.18. The second kappa shape index (κ2) is 5.21. The normalized spacial score (nSPS) is 22.8. The summed E-state index contributed by atoms with van der Waals surface area (Å²) in [5.74, 6) is 5.77. The van der Waals surface area contributed by atoms with E-state index in [4.69, 9.17) is 5.84 Å². The van der Waals surface area contributed by atoms with E-state index in [1.807, 2.05) is 0 Å². The third-order valence-electron chi connectivity index (χ3n) is 3.12. The van der Waals surface area contributed by atoms with Crippen molar-refractivity contribution in [2.24, 2.45) is 11.8 Å². The standard InChI is InChI=1S/C11H18N4O2S/c1-2-3-8-6-10(8)15-18(16,17)11-7-13-5-4-9(11)14-12/h4-5,7-8,10,15H,2-3,6,12H2,1H3,(H,13,14). The maximum Gasteiger partial charge on any atom is 0.244 e. The molecule has 1 fully saturated rings. The molecular weight excluding hydrogens is 252 g/mol. The molecule has 4 N–H and O–H groups in total. The van der Waals surface area contributed by atoms with E-state index in [0.29, 0.717) is 11.6 Å². The highest BCUT2D eigenvalue weighted by molar-refractivity contribution is 7.89. The van der Waals surface area contributed by atoms with Crippen LogP contribution >= 0.6 is 0 Å². The molecule has 1 aromatic rings. The van der Waals surface area contributed by atoms with Crippen LogP contribution in [0.15, 0.2) is 23.4 Å². The zero-order valence-electron chi connectivity index (χ0n) is 10.3. The average molecular weight is 270 g/mol. The fourth-order valence-corrected chi connectivity index (χ4v) is 3.49. The van der Waals surface area contributed by atoms with Crippen molar-refractivity contribution < 1.29 is 8.42 Å². The van der Waals surface area contributed by atoms with E-state index in [9.17, 15) is 8.42 Å². The Morgan fingerprint density at radius 1 is 1.56 bits per heavy atom. The van der Waals surface area contributed by atoms with Crippen LogP contribution in [-0.4, -0.2) is 19.4 Å². The molecular formula is C11H18N4O2S. The minimum absolute atomic E-state index is 0.0563. The van der Waals surface area contributed by atoms with Crippen LogP contribution in [0, 0.1) is 5.92 Å². The maximum atomic E-state index is 12.2. The molecule has 1 heterocycles. The lowest BCUT2D eigenvalue weighted by atomic mass is 10.2. The van der Waals surface area contributed by atoms with Gasteiger partial charge < -0.3 is 5.43 Å². The molecule has 7 heteroatoms. The fourth-order valence-electron chi connectivity index (χ4n) is 2.06. The summed E-state index contributed by atoms with van der Waals surface area (Å²) in [4.78, 5) is 3.92. The Kier molecular flexibility index (Phi) is 3.84. The smallest absolute Gasteiger partial charge is 0.244 e. The van der Waals surface area contributed by atoms with Gasteiger partial charge in [0.25, 0.3) is 0 Å². The van der Waals surface area contributed by atoms with E-state index in [1.54, 1.807) is 0 Å². The molecule has 1 aliphatic rings. The topological polar surface area (TPSA) is 97.1 Å². The Morgan fingerprint density at radius 2 is 2.33 bits per heavy atom. The molecule has 0 aromatic carbocycles. The number of pyridine rings is 1. The number of hydrogen-bond acceptors (Lipinski definition) is 5. The van der Waals surface area contributed by atoms with Crippen LogP contribution in [0.3, 0.4) is 0 Å². The zero-order valence-corrected chi connectivity index (χ0v) is 11.1. The summed E-state index contributed by atoms with van der Waals surface area (Å²) in [6.45, 7) is 2.10. The highest BCUT2D eigenvalue weighted by Gasteiger charge is 2.39. The highest BCUT2D eigenvalue weighted by Crippen LogP contribution is 2.36. The number of rotatable bonds is 6. The lowest BCUT2D eigenvalue weighted by Crippen LogP contribution is -2.28. The molecule has 0 amide bonds. The number of nitrogen functional groups attached to an aromatic ring is 1. The lowest BCUT2D eigenvalue weighted by Gasteiger charge is -2.10. The molecule has 2 atom stereocenters. The third kappa shape index (κ3) is 2.80. The Bertz CT molecular complexity index is 518. The largest absolute Gasteiger partial charge is 0.323 e. The fraction of sp³-hybridized carbons (Fsp3) is 0.545. The van der Waals surface area contributed by atoms with Gasteiger partial charge in [0.15, 0.2) is 0 Å². The molecule has 1 aromatic heterocycles. The van der Waals surface area contributed by atoms with Gasteiger partial charge in [0.2, 0.25) is 10.0 Å². The minimum Gasteiger partial charge on any atom is -0.323 e. The lowest BCUT2D eigenvalue weighted by molar-refractivity contribution is 0.573. The van der Waals surface area contributed by atoms with Gasteiger partial charge >= 0.3 is 0 Å². The van der Waals surface area contributed by atoms with Gasteiger partial charge in [-0.05, 0) is 24.8 Å². The number of anilines is 1. The van der Waals surface area contributed by atoms with E-state index in [1.165, 1.54) is 18.5 Å². The Balaban J connectivity index is 2.12. The second-order valence-corrected chi connectivity index (χ2v) is 6.21. The first kappa shape index (κ1) is 13.3. The quantitative estimate of drug-likeness (QED) is 0.525. The summed E-state index contributed by atoms with van der Waals surface area (Å²) in [5, 5.41) is 0. The molecule has 6 nitrogen and oxygen atoms in total. The van der Waals surface area contributed by atoms with E-state index in [2.05, 4.69) is 22.1 Å². The van der Waals surface area contributed by atoms with E-state index >= 15 is 0 Å². The van der Waals surface area contributed by atoms with Gasteiger partial charge in [0.1, 0.15) is 4.90 Å².